The summed E-state index contributed by atoms with van der Waals surface area (Å²) in [7, 11) is 0. The summed E-state index contributed by atoms with van der Waals surface area (Å²) in [6, 6.07) is 3.94. The van der Waals surface area contributed by atoms with Crippen molar-refractivity contribution >= 4 is 5.82 Å². The first-order valence-electron chi connectivity index (χ1n) is 8.74. The lowest BCUT2D eigenvalue weighted by Crippen LogP contribution is -2.34. The highest BCUT2D eigenvalue weighted by molar-refractivity contribution is 5.58. The van der Waals surface area contributed by atoms with E-state index in [9.17, 15) is 8.78 Å². The summed E-state index contributed by atoms with van der Waals surface area (Å²) in [5.41, 5.74) is 2.54. The van der Waals surface area contributed by atoms with Crippen LogP contribution in [0.3, 0.4) is 0 Å². The lowest BCUT2D eigenvalue weighted by Gasteiger charge is -2.34. The Hall–Kier alpha value is -1.95. The third kappa shape index (κ3) is 2.49. The molecule has 24 heavy (non-hydrogen) atoms. The first-order chi connectivity index (χ1) is 11.7. The van der Waals surface area contributed by atoms with Gasteiger partial charge in [0.2, 0.25) is 0 Å². The summed E-state index contributed by atoms with van der Waals surface area (Å²) in [5.74, 6) is -0.300. The number of likely N-dealkylation sites (tertiary alicyclic amines) is 1. The molecule has 0 aliphatic carbocycles. The van der Waals surface area contributed by atoms with Gasteiger partial charge in [0.25, 0.3) is 0 Å². The number of halogens is 2. The van der Waals surface area contributed by atoms with Gasteiger partial charge in [0.05, 0.1) is 11.7 Å². The molecule has 1 N–H and O–H groups in total. The van der Waals surface area contributed by atoms with Crippen LogP contribution in [0.25, 0.3) is 5.69 Å². The number of nitrogens with zero attached hydrogens (tertiary/aromatic N) is 3. The second-order valence-electron chi connectivity index (χ2n) is 6.54. The van der Waals surface area contributed by atoms with E-state index in [4.69, 9.17) is 5.10 Å². The zero-order chi connectivity index (χ0) is 16.7. The second-order valence-corrected chi connectivity index (χ2v) is 6.54. The summed E-state index contributed by atoms with van der Waals surface area (Å²) in [5, 5.41) is 8.09. The lowest BCUT2D eigenvalue weighted by molar-refractivity contribution is 0.153. The van der Waals surface area contributed by atoms with Crippen molar-refractivity contribution in [2.75, 3.05) is 25.0 Å². The van der Waals surface area contributed by atoms with E-state index < -0.39 is 11.6 Å². The molecule has 0 spiro atoms. The first-order valence-corrected chi connectivity index (χ1v) is 8.74. The van der Waals surface area contributed by atoms with Gasteiger partial charge in [0, 0.05) is 18.2 Å². The first kappa shape index (κ1) is 15.6. The van der Waals surface area contributed by atoms with E-state index in [1.807, 2.05) is 0 Å². The number of fused-ring (bicyclic) bond motifs is 1. The quantitative estimate of drug-likeness (QED) is 0.931. The van der Waals surface area contributed by atoms with E-state index in [1.165, 1.54) is 30.5 Å². The normalized spacial score (nSPS) is 20.9. The van der Waals surface area contributed by atoms with E-state index >= 15 is 0 Å². The van der Waals surface area contributed by atoms with Gasteiger partial charge in [-0.25, -0.2) is 13.5 Å². The van der Waals surface area contributed by atoms with Crippen molar-refractivity contribution in [2.24, 2.45) is 0 Å². The van der Waals surface area contributed by atoms with Gasteiger partial charge in [-0.15, -0.1) is 0 Å². The van der Waals surface area contributed by atoms with Crippen molar-refractivity contribution in [1.29, 1.82) is 0 Å². The number of rotatable bonds is 3. The van der Waals surface area contributed by atoms with Crippen LogP contribution in [-0.2, 0) is 6.42 Å². The zero-order valence-corrected chi connectivity index (χ0v) is 13.9. The molecule has 4 nitrogen and oxygen atoms in total. The molecule has 0 amide bonds. The lowest BCUT2D eigenvalue weighted by atomic mass is 9.96. The van der Waals surface area contributed by atoms with E-state index in [-0.39, 0.29) is 0 Å². The molecule has 3 heterocycles. The molecule has 6 heteroatoms. The smallest absolute Gasteiger partial charge is 0.151 e. The van der Waals surface area contributed by atoms with Crippen LogP contribution in [0, 0.1) is 11.6 Å². The van der Waals surface area contributed by atoms with Gasteiger partial charge in [-0.3, -0.25) is 4.90 Å². The number of hydrogen-bond donors (Lipinski definition) is 1. The van der Waals surface area contributed by atoms with Crippen LogP contribution in [0.1, 0.15) is 43.5 Å². The molecular weight excluding hydrogens is 310 g/mol. The standard InChI is InChI=1S/C18H22F2N4/c1-2-23-10-4-3-5-16(23)17-13-8-9-21-18(13)24(22-17)15-7-6-12(19)11-14(15)20/h6-7,11,16,21H,2-5,8-10H2,1H3. The van der Waals surface area contributed by atoms with E-state index in [0.29, 0.717) is 11.7 Å². The SMILES string of the molecule is CCN1CCCCC1c1nn(-c2ccc(F)cc2F)c2c1CCN2. The molecule has 0 saturated carbocycles. The molecule has 1 atom stereocenters. The van der Waals surface area contributed by atoms with Gasteiger partial charge >= 0.3 is 0 Å². The molecule has 4 rings (SSSR count). The molecule has 0 bridgehead atoms. The molecule has 2 aromatic rings. The molecule has 128 valence electrons. The summed E-state index contributed by atoms with van der Waals surface area (Å²) < 4.78 is 29.1. The van der Waals surface area contributed by atoms with Crippen molar-refractivity contribution in [1.82, 2.24) is 14.7 Å². The van der Waals surface area contributed by atoms with Gasteiger partial charge < -0.3 is 5.32 Å². The predicted molar refractivity (Wildman–Crippen MR) is 89.5 cm³/mol. The maximum atomic E-state index is 14.3. The van der Waals surface area contributed by atoms with E-state index in [0.717, 1.165) is 50.1 Å². The van der Waals surface area contributed by atoms with E-state index in [2.05, 4.69) is 17.1 Å². The zero-order valence-electron chi connectivity index (χ0n) is 13.9. The Bertz CT molecular complexity index is 756. The van der Waals surface area contributed by atoms with Gasteiger partial charge in [-0.1, -0.05) is 13.3 Å². The Balaban J connectivity index is 1.80. The molecular formula is C18H22F2N4. The largest absolute Gasteiger partial charge is 0.369 e. The van der Waals surface area contributed by atoms with Crippen molar-refractivity contribution in [3.8, 4) is 5.69 Å². The minimum absolute atomic E-state index is 0.294. The number of benzene rings is 1. The van der Waals surface area contributed by atoms with Crippen LogP contribution in [0.15, 0.2) is 18.2 Å². The van der Waals surface area contributed by atoms with Crippen molar-refractivity contribution in [3.05, 3.63) is 41.1 Å². The third-order valence-electron chi connectivity index (χ3n) is 5.16. The molecule has 1 fully saturated rings. The number of aromatic nitrogens is 2. The summed E-state index contributed by atoms with van der Waals surface area (Å²) in [6.45, 7) is 5.08. The maximum Gasteiger partial charge on any atom is 0.151 e. The molecule has 1 saturated heterocycles. The average molecular weight is 332 g/mol. The second kappa shape index (κ2) is 6.16. The van der Waals surface area contributed by atoms with Gasteiger partial charge in [0.1, 0.15) is 17.3 Å². The van der Waals surface area contributed by atoms with Gasteiger partial charge in [-0.2, -0.15) is 5.10 Å². The minimum atomic E-state index is -0.587. The highest BCUT2D eigenvalue weighted by Crippen LogP contribution is 2.38. The Morgan fingerprint density at radius 3 is 2.96 bits per heavy atom. The van der Waals surface area contributed by atoms with Crippen LogP contribution in [-0.4, -0.2) is 34.3 Å². The summed E-state index contributed by atoms with van der Waals surface area (Å²) >= 11 is 0. The highest BCUT2D eigenvalue weighted by Gasteiger charge is 2.32. The van der Waals surface area contributed by atoms with Crippen molar-refractivity contribution < 1.29 is 8.78 Å². The Morgan fingerprint density at radius 2 is 2.17 bits per heavy atom. The number of piperidine rings is 1. The summed E-state index contributed by atoms with van der Waals surface area (Å²) in [6.07, 6.45) is 4.41. The van der Waals surface area contributed by atoms with Gasteiger partial charge in [-0.05, 0) is 44.5 Å². The molecule has 1 unspecified atom stereocenters. The maximum absolute atomic E-state index is 14.3. The predicted octanol–water partition coefficient (Wildman–Crippen LogP) is 3.67. The number of anilines is 1. The highest BCUT2D eigenvalue weighted by atomic mass is 19.1. The fourth-order valence-electron chi connectivity index (χ4n) is 3.98. The molecule has 0 radical (unpaired) electrons. The van der Waals surface area contributed by atoms with Crippen molar-refractivity contribution in [2.45, 2.75) is 38.6 Å². The topological polar surface area (TPSA) is 33.1 Å². The average Bonchev–Trinajstić information content (AvgIpc) is 3.18. The number of nitrogens with one attached hydrogen (secondary N) is 1. The Morgan fingerprint density at radius 1 is 1.29 bits per heavy atom. The monoisotopic (exact) mass is 332 g/mol. The Labute approximate surface area is 140 Å². The fourth-order valence-corrected chi connectivity index (χ4v) is 3.98. The van der Waals surface area contributed by atoms with Gasteiger partial charge in [0.15, 0.2) is 5.82 Å². The molecule has 1 aromatic carbocycles. The van der Waals surface area contributed by atoms with Crippen LogP contribution in [0.2, 0.25) is 0 Å². The van der Waals surface area contributed by atoms with Crippen LogP contribution >= 0.6 is 0 Å². The molecule has 2 aliphatic heterocycles. The van der Waals surface area contributed by atoms with Crippen LogP contribution in [0.5, 0.6) is 0 Å². The van der Waals surface area contributed by atoms with Crippen LogP contribution < -0.4 is 5.32 Å². The third-order valence-corrected chi connectivity index (χ3v) is 5.16. The molecule has 2 aliphatic rings. The molecule has 1 aromatic heterocycles. The minimum Gasteiger partial charge on any atom is -0.369 e. The van der Waals surface area contributed by atoms with Crippen LogP contribution in [0.4, 0.5) is 14.6 Å². The summed E-state index contributed by atoms with van der Waals surface area (Å²) in [4.78, 5) is 2.45. The van der Waals surface area contributed by atoms with E-state index in [1.54, 1.807) is 4.68 Å². The Kier molecular flexibility index (Phi) is 4.00. The number of hydrogen-bond acceptors (Lipinski definition) is 3. The fraction of sp³-hybridized carbons (Fsp3) is 0.500. The van der Waals surface area contributed by atoms with Crippen molar-refractivity contribution in [3.63, 3.8) is 0 Å².